The third-order valence-corrected chi connectivity index (χ3v) is 4.38. The molecule has 1 saturated heterocycles. The minimum absolute atomic E-state index is 0.233. The van der Waals surface area contributed by atoms with Crippen LogP contribution in [0.25, 0.3) is 0 Å². The van der Waals surface area contributed by atoms with Crippen LogP contribution in [0.15, 0.2) is 35.2 Å². The summed E-state index contributed by atoms with van der Waals surface area (Å²) in [6.07, 6.45) is 9.42. The molecule has 1 aliphatic rings. The van der Waals surface area contributed by atoms with Gasteiger partial charge in [-0.05, 0) is 45.4 Å². The molecule has 0 saturated carbocycles. The lowest BCUT2D eigenvalue weighted by Crippen LogP contribution is -2.31. The molecule has 118 valence electrons. The summed E-state index contributed by atoms with van der Waals surface area (Å²) in [5.41, 5.74) is 1.13. The molecule has 0 amide bonds. The van der Waals surface area contributed by atoms with Gasteiger partial charge in [-0.2, -0.15) is 0 Å². The van der Waals surface area contributed by atoms with Crippen molar-refractivity contribution in [3.05, 3.63) is 42.1 Å². The molecule has 1 aliphatic heterocycles. The van der Waals surface area contributed by atoms with Gasteiger partial charge in [0.05, 0.1) is 12.3 Å². The van der Waals surface area contributed by atoms with E-state index in [4.69, 9.17) is 4.42 Å². The number of hydrogen-bond donors (Lipinski definition) is 0. The molecular formula is C17H24N4O. The largest absolute Gasteiger partial charge is 0.468 e. The van der Waals surface area contributed by atoms with Gasteiger partial charge in [0.15, 0.2) is 0 Å². The second-order valence-corrected chi connectivity index (χ2v) is 6.05. The molecule has 0 aliphatic carbocycles. The molecule has 1 unspecified atom stereocenters. The topological polar surface area (TPSA) is 45.4 Å². The van der Waals surface area contributed by atoms with E-state index in [0.29, 0.717) is 0 Å². The molecule has 22 heavy (non-hydrogen) atoms. The van der Waals surface area contributed by atoms with E-state index in [1.165, 1.54) is 19.3 Å². The molecule has 2 aromatic heterocycles. The highest BCUT2D eigenvalue weighted by atomic mass is 16.3. The predicted molar refractivity (Wildman–Crippen MR) is 86.7 cm³/mol. The fourth-order valence-electron chi connectivity index (χ4n) is 2.86. The Morgan fingerprint density at radius 2 is 1.95 bits per heavy atom. The molecule has 2 aromatic rings. The second kappa shape index (κ2) is 6.92. The van der Waals surface area contributed by atoms with Crippen molar-refractivity contribution in [2.45, 2.75) is 38.8 Å². The maximum atomic E-state index is 5.47. The molecule has 0 N–H and O–H groups in total. The molecule has 0 aromatic carbocycles. The molecule has 1 fully saturated rings. The lowest BCUT2D eigenvalue weighted by Gasteiger charge is -2.27. The minimum Gasteiger partial charge on any atom is -0.468 e. The summed E-state index contributed by atoms with van der Waals surface area (Å²) in [4.78, 5) is 13.6. The first-order valence-electron chi connectivity index (χ1n) is 8.03. The van der Waals surface area contributed by atoms with E-state index in [1.54, 1.807) is 6.26 Å². The third kappa shape index (κ3) is 3.47. The van der Waals surface area contributed by atoms with Gasteiger partial charge in [-0.25, -0.2) is 9.97 Å². The monoisotopic (exact) mass is 300 g/mol. The zero-order valence-electron chi connectivity index (χ0n) is 13.4. The number of aromatic nitrogens is 2. The molecule has 0 radical (unpaired) electrons. The zero-order chi connectivity index (χ0) is 15.4. The van der Waals surface area contributed by atoms with E-state index in [0.717, 1.165) is 36.9 Å². The summed E-state index contributed by atoms with van der Waals surface area (Å²) < 4.78 is 5.47. The maximum Gasteiger partial charge on any atom is 0.225 e. The van der Waals surface area contributed by atoms with E-state index < -0.39 is 0 Å². The van der Waals surface area contributed by atoms with Crippen LogP contribution in [0.4, 0.5) is 5.95 Å². The number of nitrogens with zero attached hydrogens (tertiary/aromatic N) is 4. The summed E-state index contributed by atoms with van der Waals surface area (Å²) in [6.45, 7) is 5.10. The molecule has 0 bridgehead atoms. The zero-order valence-corrected chi connectivity index (χ0v) is 13.4. The van der Waals surface area contributed by atoms with Crippen molar-refractivity contribution in [1.29, 1.82) is 0 Å². The van der Waals surface area contributed by atoms with Crippen LogP contribution in [0.2, 0.25) is 0 Å². The summed E-state index contributed by atoms with van der Waals surface area (Å²) in [6, 6.07) is 4.17. The van der Waals surface area contributed by atoms with Gasteiger partial charge >= 0.3 is 0 Å². The lowest BCUT2D eigenvalue weighted by molar-refractivity contribution is 0.223. The van der Waals surface area contributed by atoms with E-state index in [9.17, 15) is 0 Å². The Labute approximate surface area is 132 Å². The van der Waals surface area contributed by atoms with Crippen LogP contribution in [0.1, 0.15) is 43.6 Å². The average Bonchev–Trinajstić information content (AvgIpc) is 3.10. The van der Waals surface area contributed by atoms with Crippen LogP contribution in [-0.2, 0) is 6.54 Å². The fourth-order valence-corrected chi connectivity index (χ4v) is 2.86. The first-order valence-corrected chi connectivity index (χ1v) is 8.03. The highest BCUT2D eigenvalue weighted by molar-refractivity contribution is 5.30. The standard InChI is InChI=1S/C17H24N4O/c1-14(16-7-6-10-22-16)20(2)13-15-11-18-17(19-12-15)21-8-4-3-5-9-21/h6-7,10-12,14H,3-5,8-9,13H2,1-2H3. The van der Waals surface area contributed by atoms with Crippen molar-refractivity contribution in [3.63, 3.8) is 0 Å². The van der Waals surface area contributed by atoms with Crippen molar-refractivity contribution in [1.82, 2.24) is 14.9 Å². The summed E-state index contributed by atoms with van der Waals surface area (Å²) >= 11 is 0. The summed E-state index contributed by atoms with van der Waals surface area (Å²) in [7, 11) is 2.09. The molecule has 3 rings (SSSR count). The van der Waals surface area contributed by atoms with Gasteiger partial charge in [0.2, 0.25) is 5.95 Å². The maximum absolute atomic E-state index is 5.47. The highest BCUT2D eigenvalue weighted by Crippen LogP contribution is 2.21. The second-order valence-electron chi connectivity index (χ2n) is 6.05. The van der Waals surface area contributed by atoms with Crippen LogP contribution in [0, 0.1) is 0 Å². The predicted octanol–water partition coefficient (Wildman–Crippen LogP) is 3.25. The first-order chi connectivity index (χ1) is 10.7. The molecule has 0 spiro atoms. The van der Waals surface area contributed by atoms with E-state index in [2.05, 4.69) is 33.7 Å². The number of rotatable bonds is 5. The van der Waals surface area contributed by atoms with Crippen LogP contribution in [-0.4, -0.2) is 35.0 Å². The number of furan rings is 1. The van der Waals surface area contributed by atoms with E-state index in [1.807, 2.05) is 24.5 Å². The van der Waals surface area contributed by atoms with Crippen molar-refractivity contribution in [2.24, 2.45) is 0 Å². The number of piperidine rings is 1. The van der Waals surface area contributed by atoms with Gasteiger partial charge in [0.1, 0.15) is 5.76 Å². The van der Waals surface area contributed by atoms with Gasteiger partial charge in [0, 0.05) is 37.6 Å². The fraction of sp³-hybridized carbons (Fsp3) is 0.529. The van der Waals surface area contributed by atoms with Crippen LogP contribution in [0.5, 0.6) is 0 Å². The average molecular weight is 300 g/mol. The molecule has 5 heteroatoms. The Balaban J connectivity index is 1.60. The molecule has 3 heterocycles. The lowest BCUT2D eigenvalue weighted by atomic mass is 10.1. The normalized spacial score (nSPS) is 17.0. The van der Waals surface area contributed by atoms with Crippen molar-refractivity contribution in [3.8, 4) is 0 Å². The van der Waals surface area contributed by atoms with E-state index >= 15 is 0 Å². The Hall–Kier alpha value is -1.88. The molecule has 5 nitrogen and oxygen atoms in total. The van der Waals surface area contributed by atoms with Crippen LogP contribution < -0.4 is 4.90 Å². The highest BCUT2D eigenvalue weighted by Gasteiger charge is 2.16. The summed E-state index contributed by atoms with van der Waals surface area (Å²) in [5, 5.41) is 0. The van der Waals surface area contributed by atoms with Crippen LogP contribution in [0.3, 0.4) is 0 Å². The van der Waals surface area contributed by atoms with Crippen molar-refractivity contribution < 1.29 is 4.42 Å². The molecule has 1 atom stereocenters. The van der Waals surface area contributed by atoms with Gasteiger partial charge in [-0.3, -0.25) is 4.90 Å². The molecular weight excluding hydrogens is 276 g/mol. The van der Waals surface area contributed by atoms with Crippen molar-refractivity contribution in [2.75, 3.05) is 25.0 Å². The van der Waals surface area contributed by atoms with Crippen molar-refractivity contribution >= 4 is 5.95 Å². The first kappa shape index (κ1) is 15.0. The van der Waals surface area contributed by atoms with Crippen LogP contribution >= 0.6 is 0 Å². The number of hydrogen-bond acceptors (Lipinski definition) is 5. The van der Waals surface area contributed by atoms with E-state index in [-0.39, 0.29) is 6.04 Å². The number of anilines is 1. The van der Waals surface area contributed by atoms with Gasteiger partial charge < -0.3 is 9.32 Å². The van der Waals surface area contributed by atoms with Gasteiger partial charge in [-0.1, -0.05) is 0 Å². The Kier molecular flexibility index (Phi) is 4.73. The smallest absolute Gasteiger partial charge is 0.225 e. The Morgan fingerprint density at radius 3 is 2.59 bits per heavy atom. The Morgan fingerprint density at radius 1 is 1.23 bits per heavy atom. The minimum atomic E-state index is 0.233. The summed E-state index contributed by atoms with van der Waals surface area (Å²) in [5.74, 6) is 1.85. The SMILES string of the molecule is CC(c1ccco1)N(C)Cc1cnc(N2CCCCC2)nc1. The third-order valence-electron chi connectivity index (χ3n) is 4.38. The Bertz CT molecular complexity index is 561. The van der Waals surface area contributed by atoms with Gasteiger partial charge in [0.25, 0.3) is 0 Å². The van der Waals surface area contributed by atoms with Gasteiger partial charge in [-0.15, -0.1) is 0 Å². The quantitative estimate of drug-likeness (QED) is 0.848.